The number of hydrogen-bond acceptors (Lipinski definition) is 1. The summed E-state index contributed by atoms with van der Waals surface area (Å²) in [6.45, 7) is 1.77. The Morgan fingerprint density at radius 3 is 1.49 bits per heavy atom. The third-order valence-electron chi connectivity index (χ3n) is 5.19. The molecule has 0 heterocycles. The van der Waals surface area contributed by atoms with Crippen LogP contribution < -0.4 is 4.74 Å². The summed E-state index contributed by atoms with van der Waals surface area (Å²) in [5.74, 6) is -6.75. The third-order valence-corrected chi connectivity index (χ3v) is 5.19. The van der Waals surface area contributed by atoms with E-state index in [2.05, 4.69) is 4.74 Å². The van der Waals surface area contributed by atoms with Gasteiger partial charge in [0.1, 0.15) is 40.1 Å². The fourth-order valence-electron chi connectivity index (χ4n) is 3.59. The second kappa shape index (κ2) is 10.2. The molecule has 0 radical (unpaired) electrons. The molecule has 0 aliphatic rings. The SMILES string of the molecule is CCCc1cc(F)c(C(F)(F)Oc2ccc(CCc3cc(F)c(C(F)(F)F)c(F)c3)cc2)c(F)c1. The smallest absolute Gasteiger partial charge is 0.429 e. The summed E-state index contributed by atoms with van der Waals surface area (Å²) in [7, 11) is 0. The fraction of sp³-hybridized carbons (Fsp3) is 0.280. The molecule has 0 fully saturated rings. The molecule has 0 bridgehead atoms. The molecule has 0 spiro atoms. The second-order valence-electron chi connectivity index (χ2n) is 7.88. The number of ether oxygens (including phenoxy) is 1. The van der Waals surface area contributed by atoms with Crippen LogP contribution in [0.2, 0.25) is 0 Å². The molecule has 0 atom stereocenters. The number of halogens is 9. The van der Waals surface area contributed by atoms with Crippen molar-refractivity contribution in [2.75, 3.05) is 0 Å². The Balaban J connectivity index is 1.70. The van der Waals surface area contributed by atoms with E-state index in [0.717, 1.165) is 24.3 Å². The highest BCUT2D eigenvalue weighted by Crippen LogP contribution is 2.36. The van der Waals surface area contributed by atoms with Gasteiger partial charge in [-0.1, -0.05) is 25.5 Å². The van der Waals surface area contributed by atoms with E-state index in [4.69, 9.17) is 0 Å². The molecule has 3 rings (SSSR count). The van der Waals surface area contributed by atoms with Gasteiger partial charge in [-0.05, 0) is 72.4 Å². The van der Waals surface area contributed by atoms with Gasteiger partial charge in [-0.15, -0.1) is 0 Å². The maximum Gasteiger partial charge on any atom is 0.432 e. The lowest BCUT2D eigenvalue weighted by atomic mass is 10.0. The normalized spacial score (nSPS) is 12.2. The van der Waals surface area contributed by atoms with Gasteiger partial charge >= 0.3 is 12.3 Å². The van der Waals surface area contributed by atoms with E-state index in [0.29, 0.717) is 30.5 Å². The quantitative estimate of drug-likeness (QED) is 0.280. The van der Waals surface area contributed by atoms with Gasteiger partial charge < -0.3 is 4.74 Å². The van der Waals surface area contributed by atoms with Gasteiger partial charge in [0.15, 0.2) is 0 Å². The highest BCUT2D eigenvalue weighted by molar-refractivity contribution is 5.33. The van der Waals surface area contributed by atoms with Gasteiger partial charge in [0, 0.05) is 0 Å². The minimum Gasteiger partial charge on any atom is -0.429 e. The Bertz CT molecular complexity index is 1140. The van der Waals surface area contributed by atoms with Crippen LogP contribution in [0, 0.1) is 23.3 Å². The van der Waals surface area contributed by atoms with Gasteiger partial charge in [0.25, 0.3) is 0 Å². The number of rotatable bonds is 8. The van der Waals surface area contributed by atoms with E-state index in [1.807, 2.05) is 0 Å². The van der Waals surface area contributed by atoms with E-state index in [-0.39, 0.29) is 24.0 Å². The molecule has 3 aromatic carbocycles. The van der Waals surface area contributed by atoms with Crippen LogP contribution in [0.25, 0.3) is 0 Å². The number of hydrogen-bond donors (Lipinski definition) is 0. The lowest BCUT2D eigenvalue weighted by molar-refractivity contribution is -0.189. The standard InChI is InChI=1S/C25H19F9O/c1-2-3-15-10-20(28)23(21(29)11-15)25(33,34)35-17-8-6-14(7-9-17)4-5-16-12-18(26)22(19(27)13-16)24(30,31)32/h6-13H,2-5H2,1H3. The predicted molar refractivity (Wildman–Crippen MR) is 110 cm³/mol. The summed E-state index contributed by atoms with van der Waals surface area (Å²) in [4.78, 5) is 0. The maximum atomic E-state index is 14.5. The molecule has 0 N–H and O–H groups in total. The van der Waals surface area contributed by atoms with E-state index >= 15 is 0 Å². The number of alkyl halides is 5. The largest absolute Gasteiger partial charge is 0.432 e. The predicted octanol–water partition coefficient (Wildman–Crippen LogP) is 8.13. The summed E-state index contributed by atoms with van der Waals surface area (Å²) in [6.07, 6.45) is -8.52. The average molecular weight is 506 g/mol. The van der Waals surface area contributed by atoms with Crippen LogP contribution >= 0.6 is 0 Å². The van der Waals surface area contributed by atoms with Crippen LogP contribution in [0.1, 0.15) is 41.2 Å². The van der Waals surface area contributed by atoms with Crippen LogP contribution in [0.4, 0.5) is 39.5 Å². The monoisotopic (exact) mass is 506 g/mol. The summed E-state index contributed by atoms with van der Waals surface area (Å²) in [6, 6.07) is 7.71. The number of aryl methyl sites for hydroxylation is 3. The topological polar surface area (TPSA) is 9.23 Å². The Morgan fingerprint density at radius 1 is 0.600 bits per heavy atom. The van der Waals surface area contributed by atoms with Gasteiger partial charge in [-0.25, -0.2) is 17.6 Å². The highest BCUT2D eigenvalue weighted by Gasteiger charge is 2.41. The van der Waals surface area contributed by atoms with Crippen molar-refractivity contribution in [3.05, 3.63) is 99.6 Å². The van der Waals surface area contributed by atoms with Gasteiger partial charge in [-0.2, -0.15) is 22.0 Å². The molecule has 3 aromatic rings. The minimum atomic E-state index is -5.17. The lowest BCUT2D eigenvalue weighted by Crippen LogP contribution is -2.25. The van der Waals surface area contributed by atoms with Gasteiger partial charge in [-0.3, -0.25) is 0 Å². The molecule has 1 nitrogen and oxygen atoms in total. The maximum absolute atomic E-state index is 14.5. The molecule has 0 amide bonds. The van der Waals surface area contributed by atoms with Crippen LogP contribution in [0.3, 0.4) is 0 Å². The molecule has 0 unspecified atom stereocenters. The Hall–Kier alpha value is -3.17. The Kier molecular flexibility index (Phi) is 7.71. The van der Waals surface area contributed by atoms with Crippen molar-refractivity contribution in [1.29, 1.82) is 0 Å². The zero-order chi connectivity index (χ0) is 26.0. The minimum absolute atomic E-state index is 0.0302. The highest BCUT2D eigenvalue weighted by atomic mass is 19.4. The first-order valence-electron chi connectivity index (χ1n) is 10.5. The third kappa shape index (κ3) is 6.29. The molecule has 35 heavy (non-hydrogen) atoms. The number of benzene rings is 3. The van der Waals surface area contributed by atoms with Crippen molar-refractivity contribution in [3.8, 4) is 5.75 Å². The lowest BCUT2D eigenvalue weighted by Gasteiger charge is -2.20. The molecule has 188 valence electrons. The molecule has 10 heteroatoms. The molecule has 0 saturated heterocycles. The van der Waals surface area contributed by atoms with E-state index < -0.39 is 52.4 Å². The molecular formula is C25H19F9O. The average Bonchev–Trinajstić information content (AvgIpc) is 2.71. The summed E-state index contributed by atoms with van der Waals surface area (Å²) >= 11 is 0. The molecule has 0 aliphatic carbocycles. The molecule has 0 aromatic heterocycles. The Labute approximate surface area is 195 Å². The van der Waals surface area contributed by atoms with E-state index in [1.165, 1.54) is 12.1 Å². The van der Waals surface area contributed by atoms with Crippen molar-refractivity contribution in [2.45, 2.75) is 44.9 Å². The fourth-order valence-corrected chi connectivity index (χ4v) is 3.59. The zero-order valence-electron chi connectivity index (χ0n) is 18.3. The molecule has 0 saturated carbocycles. The first kappa shape index (κ1) is 26.4. The first-order chi connectivity index (χ1) is 16.3. The summed E-state index contributed by atoms with van der Waals surface area (Å²) in [5.41, 5.74) is -2.80. The van der Waals surface area contributed by atoms with Crippen molar-refractivity contribution in [2.24, 2.45) is 0 Å². The van der Waals surface area contributed by atoms with Gasteiger partial charge in [0.05, 0.1) is 0 Å². The first-order valence-corrected chi connectivity index (χ1v) is 10.5. The van der Waals surface area contributed by atoms with Gasteiger partial charge in [0.2, 0.25) is 0 Å². The van der Waals surface area contributed by atoms with Crippen molar-refractivity contribution < 1.29 is 44.3 Å². The summed E-state index contributed by atoms with van der Waals surface area (Å²) in [5, 5.41) is 0. The van der Waals surface area contributed by atoms with E-state index in [1.54, 1.807) is 6.92 Å². The Morgan fingerprint density at radius 2 is 1.03 bits per heavy atom. The van der Waals surface area contributed by atoms with Crippen LogP contribution in [-0.4, -0.2) is 0 Å². The van der Waals surface area contributed by atoms with Crippen molar-refractivity contribution in [1.82, 2.24) is 0 Å². The van der Waals surface area contributed by atoms with Crippen molar-refractivity contribution in [3.63, 3.8) is 0 Å². The molecular weight excluding hydrogens is 487 g/mol. The second-order valence-corrected chi connectivity index (χ2v) is 7.88. The van der Waals surface area contributed by atoms with Crippen LogP contribution in [-0.2, 0) is 31.5 Å². The van der Waals surface area contributed by atoms with E-state index in [9.17, 15) is 39.5 Å². The van der Waals surface area contributed by atoms with Crippen molar-refractivity contribution >= 4 is 0 Å². The molecule has 0 aliphatic heterocycles. The van der Waals surface area contributed by atoms with Crippen LogP contribution in [0.5, 0.6) is 5.75 Å². The zero-order valence-corrected chi connectivity index (χ0v) is 18.3. The summed E-state index contributed by atoms with van der Waals surface area (Å²) < 4.78 is 127. The van der Waals surface area contributed by atoms with Crippen LogP contribution in [0.15, 0.2) is 48.5 Å².